The number of benzene rings is 2. The standard InChI is InChI=1S/C22H27N3O2/c1-15-20-14-24-25-21(20)10-11-22(15)27-18-8-6-17(7-9-18)23-13-16-4-3-5-19(12-16)26-2/h3-5,10-12,14,17-18,23H,6-9,13H2,1-2H3,(H,24,25)/t17-,18+. The summed E-state index contributed by atoms with van der Waals surface area (Å²) in [6.07, 6.45) is 6.61. The number of nitrogens with one attached hydrogen (secondary N) is 2. The van der Waals surface area contributed by atoms with Gasteiger partial charge in [0.1, 0.15) is 11.5 Å². The summed E-state index contributed by atoms with van der Waals surface area (Å²) in [7, 11) is 1.71. The Morgan fingerprint density at radius 2 is 2.00 bits per heavy atom. The van der Waals surface area contributed by atoms with Gasteiger partial charge >= 0.3 is 0 Å². The van der Waals surface area contributed by atoms with E-state index in [1.807, 2.05) is 24.4 Å². The maximum Gasteiger partial charge on any atom is 0.123 e. The molecule has 1 saturated carbocycles. The van der Waals surface area contributed by atoms with Crippen LogP contribution in [0.5, 0.6) is 11.5 Å². The lowest BCUT2D eigenvalue weighted by Gasteiger charge is -2.30. The van der Waals surface area contributed by atoms with E-state index in [1.165, 1.54) is 11.1 Å². The highest BCUT2D eigenvalue weighted by molar-refractivity contribution is 5.83. The van der Waals surface area contributed by atoms with Crippen LogP contribution < -0.4 is 14.8 Å². The summed E-state index contributed by atoms with van der Waals surface area (Å²) in [5, 5.41) is 12.0. The molecule has 1 heterocycles. The third kappa shape index (κ3) is 4.08. The van der Waals surface area contributed by atoms with Crippen molar-refractivity contribution in [2.75, 3.05) is 7.11 Å². The molecule has 0 bridgehead atoms. The monoisotopic (exact) mass is 365 g/mol. The van der Waals surface area contributed by atoms with E-state index in [9.17, 15) is 0 Å². The van der Waals surface area contributed by atoms with Gasteiger partial charge in [-0.25, -0.2) is 0 Å². The Morgan fingerprint density at radius 3 is 2.81 bits per heavy atom. The number of H-pyrrole nitrogens is 1. The van der Waals surface area contributed by atoms with Gasteiger partial charge in [0, 0.05) is 23.5 Å². The van der Waals surface area contributed by atoms with Crippen LogP contribution >= 0.6 is 0 Å². The predicted molar refractivity (Wildman–Crippen MR) is 107 cm³/mol. The minimum atomic E-state index is 0.294. The Balaban J connectivity index is 1.29. The Bertz CT molecular complexity index is 897. The van der Waals surface area contributed by atoms with Gasteiger partial charge in [0.15, 0.2) is 0 Å². The van der Waals surface area contributed by atoms with E-state index in [1.54, 1.807) is 7.11 Å². The van der Waals surface area contributed by atoms with Crippen LogP contribution in [0.2, 0.25) is 0 Å². The first-order valence-electron chi connectivity index (χ1n) is 9.68. The maximum atomic E-state index is 6.32. The van der Waals surface area contributed by atoms with Crippen molar-refractivity contribution in [1.29, 1.82) is 0 Å². The summed E-state index contributed by atoms with van der Waals surface area (Å²) >= 11 is 0. The molecular weight excluding hydrogens is 338 g/mol. The summed E-state index contributed by atoms with van der Waals surface area (Å²) in [6.45, 7) is 2.98. The van der Waals surface area contributed by atoms with Crippen LogP contribution in [0.25, 0.3) is 10.9 Å². The molecule has 2 aromatic carbocycles. The van der Waals surface area contributed by atoms with Crippen molar-refractivity contribution >= 4 is 10.9 Å². The van der Waals surface area contributed by atoms with E-state index in [0.29, 0.717) is 12.1 Å². The Kier molecular flexibility index (Phi) is 5.30. The van der Waals surface area contributed by atoms with Gasteiger partial charge in [0.05, 0.1) is 24.9 Å². The third-order valence-electron chi connectivity index (χ3n) is 5.54. The smallest absolute Gasteiger partial charge is 0.123 e. The number of aryl methyl sites for hydroxylation is 1. The Hall–Kier alpha value is -2.53. The third-order valence-corrected chi connectivity index (χ3v) is 5.54. The van der Waals surface area contributed by atoms with Crippen molar-refractivity contribution in [2.24, 2.45) is 0 Å². The number of rotatable bonds is 6. The number of methoxy groups -OCH3 is 1. The zero-order valence-corrected chi connectivity index (χ0v) is 16.0. The molecule has 1 aromatic heterocycles. The zero-order valence-electron chi connectivity index (χ0n) is 16.0. The molecule has 1 aliphatic rings. The molecule has 0 saturated heterocycles. The van der Waals surface area contributed by atoms with Gasteiger partial charge in [-0.2, -0.15) is 5.10 Å². The zero-order chi connectivity index (χ0) is 18.6. The van der Waals surface area contributed by atoms with Crippen LogP contribution in [-0.4, -0.2) is 29.5 Å². The first-order valence-corrected chi connectivity index (χ1v) is 9.68. The lowest BCUT2D eigenvalue weighted by molar-refractivity contribution is 0.138. The summed E-state index contributed by atoms with van der Waals surface area (Å²) < 4.78 is 11.6. The highest BCUT2D eigenvalue weighted by Gasteiger charge is 2.23. The quantitative estimate of drug-likeness (QED) is 0.681. The summed E-state index contributed by atoms with van der Waals surface area (Å²) in [5.74, 6) is 1.90. The highest BCUT2D eigenvalue weighted by atomic mass is 16.5. The molecule has 5 nitrogen and oxygen atoms in total. The Labute approximate surface area is 160 Å². The molecule has 5 heteroatoms. The first-order chi connectivity index (χ1) is 13.2. The van der Waals surface area contributed by atoms with Crippen LogP contribution in [0, 0.1) is 6.92 Å². The minimum absolute atomic E-state index is 0.294. The molecule has 1 fully saturated rings. The van der Waals surface area contributed by atoms with Crippen molar-refractivity contribution < 1.29 is 9.47 Å². The van der Waals surface area contributed by atoms with Crippen molar-refractivity contribution in [3.63, 3.8) is 0 Å². The Morgan fingerprint density at radius 1 is 1.15 bits per heavy atom. The average molecular weight is 365 g/mol. The molecule has 0 aliphatic heterocycles. The maximum absolute atomic E-state index is 6.32. The van der Waals surface area contributed by atoms with Crippen LogP contribution in [0.4, 0.5) is 0 Å². The molecular formula is C22H27N3O2. The van der Waals surface area contributed by atoms with Crippen molar-refractivity contribution in [3.8, 4) is 11.5 Å². The number of hydrogen-bond acceptors (Lipinski definition) is 4. The van der Waals surface area contributed by atoms with E-state index in [2.05, 4.69) is 40.6 Å². The highest BCUT2D eigenvalue weighted by Crippen LogP contribution is 2.30. The average Bonchev–Trinajstić information content (AvgIpc) is 3.19. The molecule has 0 atom stereocenters. The lowest BCUT2D eigenvalue weighted by atomic mass is 9.92. The number of hydrogen-bond donors (Lipinski definition) is 2. The van der Waals surface area contributed by atoms with Crippen molar-refractivity contribution in [1.82, 2.24) is 15.5 Å². The largest absolute Gasteiger partial charge is 0.497 e. The molecule has 4 rings (SSSR count). The number of fused-ring (bicyclic) bond motifs is 1. The van der Waals surface area contributed by atoms with E-state index < -0.39 is 0 Å². The molecule has 0 radical (unpaired) electrons. The number of aromatic amines is 1. The molecule has 0 spiro atoms. The van der Waals surface area contributed by atoms with Crippen LogP contribution in [-0.2, 0) is 6.54 Å². The second kappa shape index (κ2) is 8.01. The SMILES string of the molecule is COc1cccc(CN[C@H]2CC[C@@H](Oc3ccc4[nH]ncc4c3C)CC2)c1. The fourth-order valence-electron chi connectivity index (χ4n) is 3.88. The normalized spacial score (nSPS) is 19.9. The van der Waals surface area contributed by atoms with E-state index in [4.69, 9.17) is 9.47 Å². The topological polar surface area (TPSA) is 59.2 Å². The van der Waals surface area contributed by atoms with Gasteiger partial charge in [-0.1, -0.05) is 12.1 Å². The lowest BCUT2D eigenvalue weighted by Crippen LogP contribution is -2.36. The fraction of sp³-hybridized carbons (Fsp3) is 0.409. The molecule has 2 N–H and O–H groups in total. The van der Waals surface area contributed by atoms with E-state index in [0.717, 1.165) is 54.6 Å². The number of nitrogens with zero attached hydrogens (tertiary/aromatic N) is 1. The van der Waals surface area contributed by atoms with Gasteiger partial charge in [-0.05, 0) is 62.4 Å². The van der Waals surface area contributed by atoms with Gasteiger partial charge < -0.3 is 14.8 Å². The van der Waals surface area contributed by atoms with E-state index in [-0.39, 0.29) is 0 Å². The number of aromatic nitrogens is 2. The summed E-state index contributed by atoms with van der Waals surface area (Å²) in [5.41, 5.74) is 3.49. The second-order valence-electron chi connectivity index (χ2n) is 7.34. The van der Waals surface area contributed by atoms with Crippen LogP contribution in [0.15, 0.2) is 42.6 Å². The molecule has 0 amide bonds. The van der Waals surface area contributed by atoms with Crippen LogP contribution in [0.3, 0.4) is 0 Å². The van der Waals surface area contributed by atoms with Gasteiger partial charge in [-0.3, -0.25) is 5.10 Å². The van der Waals surface area contributed by atoms with E-state index >= 15 is 0 Å². The molecule has 3 aromatic rings. The van der Waals surface area contributed by atoms with Gasteiger partial charge in [-0.15, -0.1) is 0 Å². The fourth-order valence-corrected chi connectivity index (χ4v) is 3.88. The van der Waals surface area contributed by atoms with Gasteiger partial charge in [0.25, 0.3) is 0 Å². The predicted octanol–water partition coefficient (Wildman–Crippen LogP) is 4.36. The van der Waals surface area contributed by atoms with Gasteiger partial charge in [0.2, 0.25) is 0 Å². The number of ether oxygens (including phenoxy) is 2. The molecule has 142 valence electrons. The van der Waals surface area contributed by atoms with Crippen molar-refractivity contribution in [3.05, 3.63) is 53.7 Å². The van der Waals surface area contributed by atoms with Crippen molar-refractivity contribution in [2.45, 2.75) is 51.3 Å². The summed E-state index contributed by atoms with van der Waals surface area (Å²) in [4.78, 5) is 0. The summed E-state index contributed by atoms with van der Waals surface area (Å²) in [6, 6.07) is 12.9. The minimum Gasteiger partial charge on any atom is -0.497 e. The molecule has 1 aliphatic carbocycles. The second-order valence-corrected chi connectivity index (χ2v) is 7.34. The molecule has 27 heavy (non-hydrogen) atoms. The molecule has 0 unspecified atom stereocenters. The van der Waals surface area contributed by atoms with Crippen LogP contribution in [0.1, 0.15) is 36.8 Å². The first kappa shape index (κ1) is 17.9.